The molecule has 0 saturated carbocycles. The van der Waals surface area contributed by atoms with Crippen molar-refractivity contribution in [2.24, 2.45) is 0 Å². The zero-order chi connectivity index (χ0) is 28.0. The van der Waals surface area contributed by atoms with Crippen molar-refractivity contribution in [3.63, 3.8) is 0 Å². The van der Waals surface area contributed by atoms with E-state index in [4.69, 9.17) is 19.5 Å². The molecule has 3 N–H and O–H groups in total. The topological polar surface area (TPSA) is 116 Å². The third kappa shape index (κ3) is 7.21. The molecule has 0 bridgehead atoms. The molecular weight excluding hydrogens is 515 g/mol. The quantitative estimate of drug-likeness (QED) is 0.213. The van der Waals surface area contributed by atoms with Crippen LogP contribution in [-0.2, 0) is 11.3 Å². The van der Waals surface area contributed by atoms with Crippen LogP contribution in [0.1, 0.15) is 35.2 Å². The Hall–Kier alpha value is -4.22. The molecule has 0 spiro atoms. The first-order chi connectivity index (χ1) is 18.6. The summed E-state index contributed by atoms with van der Waals surface area (Å²) >= 11 is 0. The molecule has 4 aromatic rings. The van der Waals surface area contributed by atoms with Gasteiger partial charge in [-0.15, -0.1) is 0 Å². The van der Waals surface area contributed by atoms with Crippen molar-refractivity contribution in [2.45, 2.75) is 32.0 Å². The van der Waals surface area contributed by atoms with Crippen molar-refractivity contribution in [2.75, 3.05) is 13.1 Å². The number of halogens is 3. The second-order valence-corrected chi connectivity index (χ2v) is 9.06. The second kappa shape index (κ2) is 12.1. The Kier molecular flexibility index (Phi) is 8.62. The number of aromatic nitrogens is 1. The Morgan fingerprint density at radius 3 is 2.03 bits per heavy atom. The summed E-state index contributed by atoms with van der Waals surface area (Å²) in [6.45, 7) is 3.43. The van der Waals surface area contributed by atoms with Crippen molar-refractivity contribution < 1.29 is 37.5 Å². The molecule has 0 aliphatic carbocycles. The molecule has 3 aromatic carbocycles. The van der Waals surface area contributed by atoms with Crippen LogP contribution in [0.25, 0.3) is 33.7 Å². The van der Waals surface area contributed by atoms with Crippen LogP contribution in [0, 0.1) is 0 Å². The third-order valence-electron chi connectivity index (χ3n) is 6.27. The van der Waals surface area contributed by atoms with E-state index in [1.165, 1.54) is 43.5 Å². The van der Waals surface area contributed by atoms with Crippen molar-refractivity contribution >= 4 is 23.0 Å². The van der Waals surface area contributed by atoms with Gasteiger partial charge < -0.3 is 9.52 Å². The number of likely N-dealkylation sites (tertiary alicyclic amines) is 1. The molecule has 8 nitrogen and oxygen atoms in total. The summed E-state index contributed by atoms with van der Waals surface area (Å²) < 4.78 is 37.6. The van der Waals surface area contributed by atoms with Crippen LogP contribution in [0.4, 0.5) is 13.2 Å². The molecule has 1 aliphatic rings. The number of nitrogens with zero attached hydrogens (tertiary/aromatic N) is 2. The minimum Gasteiger partial charge on any atom is -0.475 e. The van der Waals surface area contributed by atoms with Crippen molar-refractivity contribution in [1.82, 2.24) is 15.4 Å². The molecule has 1 aliphatic heterocycles. The molecule has 0 unspecified atom stereocenters. The van der Waals surface area contributed by atoms with Crippen molar-refractivity contribution in [1.29, 1.82) is 0 Å². The summed E-state index contributed by atoms with van der Waals surface area (Å²) in [7, 11) is 0. The number of carbonyl (C=O) groups is 2. The average molecular weight is 542 g/mol. The molecule has 0 atom stereocenters. The van der Waals surface area contributed by atoms with Gasteiger partial charge in [0.05, 0.1) is 0 Å². The summed E-state index contributed by atoms with van der Waals surface area (Å²) in [6.07, 6.45) is -1.11. The summed E-state index contributed by atoms with van der Waals surface area (Å²) in [5.41, 5.74) is 7.63. The molecular formula is C28H26F3N3O5. The maximum Gasteiger partial charge on any atom is 0.490 e. The van der Waals surface area contributed by atoms with E-state index in [9.17, 15) is 18.0 Å². The highest BCUT2D eigenvalue weighted by molar-refractivity contribution is 5.96. The van der Waals surface area contributed by atoms with Crippen LogP contribution < -0.4 is 5.48 Å². The Morgan fingerprint density at radius 2 is 1.46 bits per heavy atom. The van der Waals surface area contributed by atoms with Gasteiger partial charge in [-0.1, -0.05) is 42.8 Å². The van der Waals surface area contributed by atoms with Gasteiger partial charge in [0, 0.05) is 17.7 Å². The van der Waals surface area contributed by atoms with E-state index in [1.54, 1.807) is 23.7 Å². The predicted octanol–water partition coefficient (Wildman–Crippen LogP) is 5.90. The minimum absolute atomic E-state index is 0.318. The van der Waals surface area contributed by atoms with Gasteiger partial charge in [0.2, 0.25) is 5.89 Å². The number of rotatable bonds is 5. The van der Waals surface area contributed by atoms with Gasteiger partial charge in [-0.3, -0.25) is 14.9 Å². The first-order valence-corrected chi connectivity index (χ1v) is 12.2. The van der Waals surface area contributed by atoms with E-state index >= 15 is 0 Å². The lowest BCUT2D eigenvalue weighted by molar-refractivity contribution is -0.192. The maximum atomic E-state index is 11.6. The minimum atomic E-state index is -5.08. The van der Waals surface area contributed by atoms with Gasteiger partial charge in [0.15, 0.2) is 5.58 Å². The number of benzene rings is 3. The molecule has 5 rings (SSSR count). The monoisotopic (exact) mass is 541 g/mol. The number of fused-ring (bicyclic) bond motifs is 1. The Balaban J connectivity index is 0.000000448. The Morgan fingerprint density at radius 1 is 0.897 bits per heavy atom. The van der Waals surface area contributed by atoms with E-state index in [0.29, 0.717) is 22.6 Å². The van der Waals surface area contributed by atoms with Crippen LogP contribution >= 0.6 is 0 Å². The number of carboxylic acid groups (broad SMARTS) is 1. The average Bonchev–Trinajstić information content (AvgIpc) is 3.37. The van der Waals surface area contributed by atoms with Crippen LogP contribution in [0.3, 0.4) is 0 Å². The third-order valence-corrected chi connectivity index (χ3v) is 6.27. The van der Waals surface area contributed by atoms with Gasteiger partial charge in [0.25, 0.3) is 5.91 Å². The molecule has 0 radical (unpaired) electrons. The zero-order valence-corrected chi connectivity index (χ0v) is 20.7. The lowest BCUT2D eigenvalue weighted by Gasteiger charge is -2.26. The summed E-state index contributed by atoms with van der Waals surface area (Å²) in [5, 5.41) is 15.9. The van der Waals surface area contributed by atoms with Crippen molar-refractivity contribution in [3.05, 3.63) is 77.9 Å². The number of carboxylic acids is 1. The molecule has 204 valence electrons. The lowest BCUT2D eigenvalue weighted by Crippen LogP contribution is -2.28. The van der Waals surface area contributed by atoms with Gasteiger partial charge >= 0.3 is 12.1 Å². The number of hydrogen-bond donors (Lipinski definition) is 3. The lowest BCUT2D eigenvalue weighted by atomic mass is 10.0. The van der Waals surface area contributed by atoms with Crippen LogP contribution in [0.2, 0.25) is 0 Å². The van der Waals surface area contributed by atoms with Crippen LogP contribution in [-0.4, -0.2) is 51.3 Å². The largest absolute Gasteiger partial charge is 0.490 e. The number of nitrogens with one attached hydrogen (secondary N) is 1. The SMILES string of the molecule is O=C(NO)c1ccc2oc(-c3ccc(-c4ccc(CN5CCCCC5)cc4)cc3)nc2c1.O=C(O)C(F)(F)F. The number of carbonyl (C=O) groups excluding carboxylic acids is 1. The number of piperidine rings is 1. The standard InChI is InChI=1S/C26H25N3O3.C2HF3O2/c30-25(28-31)22-12-13-24-23(16-22)27-26(32-24)21-10-8-20(9-11-21)19-6-4-18(5-7-19)17-29-14-2-1-3-15-29;3-2(4,5)1(6)7/h4-13,16,31H,1-3,14-15,17H2,(H,28,30);(H,6,7). The summed E-state index contributed by atoms with van der Waals surface area (Å²) in [6, 6.07) is 21.8. The fraction of sp³-hybridized carbons (Fsp3) is 0.250. The number of aliphatic carboxylic acids is 1. The number of alkyl halides is 3. The smallest absolute Gasteiger partial charge is 0.475 e. The Bertz CT molecular complexity index is 1430. The van der Waals surface area contributed by atoms with E-state index in [-0.39, 0.29) is 0 Å². The number of hydrogen-bond acceptors (Lipinski definition) is 6. The van der Waals surface area contributed by atoms with Crippen LogP contribution in [0.5, 0.6) is 0 Å². The van der Waals surface area contributed by atoms with E-state index in [1.807, 2.05) is 12.1 Å². The highest BCUT2D eigenvalue weighted by atomic mass is 19.4. The van der Waals surface area contributed by atoms with Gasteiger partial charge in [0.1, 0.15) is 5.52 Å². The highest BCUT2D eigenvalue weighted by Gasteiger charge is 2.38. The second-order valence-electron chi connectivity index (χ2n) is 9.06. The molecule has 11 heteroatoms. The molecule has 1 saturated heterocycles. The fourth-order valence-electron chi connectivity index (χ4n) is 4.24. The van der Waals surface area contributed by atoms with E-state index < -0.39 is 18.1 Å². The number of oxazole rings is 1. The first kappa shape index (κ1) is 27.8. The van der Waals surface area contributed by atoms with Crippen LogP contribution in [0.15, 0.2) is 71.1 Å². The normalized spacial score (nSPS) is 13.9. The predicted molar refractivity (Wildman–Crippen MR) is 137 cm³/mol. The molecule has 1 fully saturated rings. The number of amides is 1. The van der Waals surface area contributed by atoms with E-state index in [2.05, 4.69) is 46.3 Å². The summed E-state index contributed by atoms with van der Waals surface area (Å²) in [4.78, 5) is 27.5. The first-order valence-electron chi connectivity index (χ1n) is 12.2. The fourth-order valence-corrected chi connectivity index (χ4v) is 4.24. The van der Waals surface area contributed by atoms with E-state index in [0.717, 1.165) is 17.7 Å². The number of hydroxylamine groups is 1. The Labute approximate surface area is 221 Å². The van der Waals surface area contributed by atoms with Gasteiger partial charge in [-0.05, 0) is 73.0 Å². The molecule has 1 aromatic heterocycles. The van der Waals surface area contributed by atoms with Gasteiger partial charge in [-0.2, -0.15) is 13.2 Å². The highest BCUT2D eigenvalue weighted by Crippen LogP contribution is 2.28. The molecule has 1 amide bonds. The molecule has 39 heavy (non-hydrogen) atoms. The maximum absolute atomic E-state index is 11.6. The molecule has 2 heterocycles. The van der Waals surface area contributed by atoms with Crippen molar-refractivity contribution in [3.8, 4) is 22.6 Å². The summed E-state index contributed by atoms with van der Waals surface area (Å²) in [5.74, 6) is -2.85. The zero-order valence-electron chi connectivity index (χ0n) is 20.7. The van der Waals surface area contributed by atoms with Gasteiger partial charge in [-0.25, -0.2) is 15.3 Å².